The molecule has 1 aromatic carbocycles. The van der Waals surface area contributed by atoms with Crippen LogP contribution in [0.5, 0.6) is 0 Å². The molecular formula is C16H24N2O5S. The molecule has 0 radical (unpaired) electrons. The first-order valence-corrected chi connectivity index (χ1v) is 9.35. The quantitative estimate of drug-likeness (QED) is 0.805. The topological polar surface area (TPSA) is 95.9 Å². The number of hydrogen-bond donors (Lipinski definition) is 2. The van der Waals surface area contributed by atoms with E-state index < -0.39 is 10.0 Å². The monoisotopic (exact) mass is 356 g/mol. The van der Waals surface area contributed by atoms with E-state index in [4.69, 9.17) is 9.84 Å². The van der Waals surface area contributed by atoms with E-state index in [9.17, 15) is 13.2 Å². The van der Waals surface area contributed by atoms with E-state index >= 15 is 0 Å². The van der Waals surface area contributed by atoms with Gasteiger partial charge in [-0.3, -0.25) is 4.79 Å². The summed E-state index contributed by atoms with van der Waals surface area (Å²) in [6.07, 6.45) is -0.318. The third-order valence-electron chi connectivity index (χ3n) is 3.79. The molecule has 2 N–H and O–H groups in total. The molecule has 1 fully saturated rings. The third kappa shape index (κ3) is 4.32. The lowest BCUT2D eigenvalue weighted by molar-refractivity contribution is -0.0440. The molecule has 0 saturated carbocycles. The van der Waals surface area contributed by atoms with Gasteiger partial charge in [0.2, 0.25) is 10.0 Å². The first-order valence-electron chi connectivity index (χ1n) is 7.91. The van der Waals surface area contributed by atoms with Crippen LogP contribution < -0.4 is 5.32 Å². The SMILES string of the molecule is C[C@@H]1CN(S(=O)(=O)c2ccc(C(=O)N[C@@H](C)CO)cc2)C[C@H](C)O1. The van der Waals surface area contributed by atoms with Crippen LogP contribution in [-0.2, 0) is 14.8 Å². The summed E-state index contributed by atoms with van der Waals surface area (Å²) in [6, 6.07) is 5.44. The van der Waals surface area contributed by atoms with Crippen LogP contribution >= 0.6 is 0 Å². The number of carbonyl (C=O) groups excluding carboxylic acids is 1. The number of hydrogen-bond acceptors (Lipinski definition) is 5. The van der Waals surface area contributed by atoms with Crippen LogP contribution in [0, 0.1) is 0 Å². The molecule has 1 aromatic rings. The Labute approximate surface area is 142 Å². The maximum Gasteiger partial charge on any atom is 0.251 e. The molecular weight excluding hydrogens is 332 g/mol. The van der Waals surface area contributed by atoms with Crippen LogP contribution in [0.1, 0.15) is 31.1 Å². The first kappa shape index (κ1) is 18.9. The highest BCUT2D eigenvalue weighted by Crippen LogP contribution is 2.21. The van der Waals surface area contributed by atoms with Gasteiger partial charge in [0.25, 0.3) is 5.91 Å². The summed E-state index contributed by atoms with van der Waals surface area (Å²) in [5, 5.41) is 11.6. The minimum Gasteiger partial charge on any atom is -0.394 e. The van der Waals surface area contributed by atoms with Crippen molar-refractivity contribution < 1.29 is 23.1 Å². The highest BCUT2D eigenvalue weighted by Gasteiger charge is 2.32. The Kier molecular flexibility index (Phi) is 5.97. The summed E-state index contributed by atoms with van der Waals surface area (Å²) in [5.74, 6) is -0.353. The molecule has 0 bridgehead atoms. The number of nitrogens with zero attached hydrogens (tertiary/aromatic N) is 1. The van der Waals surface area contributed by atoms with Gasteiger partial charge in [0.05, 0.1) is 23.7 Å². The van der Waals surface area contributed by atoms with Crippen molar-refractivity contribution in [1.82, 2.24) is 9.62 Å². The number of amides is 1. The van der Waals surface area contributed by atoms with E-state index in [2.05, 4.69) is 5.32 Å². The van der Waals surface area contributed by atoms with Crippen molar-refractivity contribution in [2.24, 2.45) is 0 Å². The van der Waals surface area contributed by atoms with Crippen molar-refractivity contribution >= 4 is 15.9 Å². The molecule has 1 saturated heterocycles. The standard InChI is InChI=1S/C16H24N2O5S/c1-11(10-19)17-16(20)14-4-6-15(7-5-14)24(21,22)18-8-12(2)23-13(3)9-18/h4-7,11-13,19H,8-10H2,1-3H3,(H,17,20)/t11-,12-,13+/m0/s1. The molecule has 7 nitrogen and oxygen atoms in total. The fourth-order valence-corrected chi connectivity index (χ4v) is 4.20. The average molecular weight is 356 g/mol. The second-order valence-electron chi connectivity index (χ2n) is 6.16. The average Bonchev–Trinajstić information content (AvgIpc) is 2.53. The summed E-state index contributed by atoms with van der Waals surface area (Å²) >= 11 is 0. The number of aliphatic hydroxyl groups excluding tert-OH is 1. The lowest BCUT2D eigenvalue weighted by Gasteiger charge is -2.34. The molecule has 1 heterocycles. The second kappa shape index (κ2) is 7.60. The minimum atomic E-state index is -3.62. The lowest BCUT2D eigenvalue weighted by atomic mass is 10.2. The molecule has 1 aliphatic heterocycles. The minimum absolute atomic E-state index is 0.149. The number of benzene rings is 1. The molecule has 1 amide bonds. The van der Waals surface area contributed by atoms with Gasteiger partial charge in [-0.15, -0.1) is 0 Å². The largest absolute Gasteiger partial charge is 0.394 e. The maximum absolute atomic E-state index is 12.7. The fraction of sp³-hybridized carbons (Fsp3) is 0.562. The van der Waals surface area contributed by atoms with E-state index in [1.165, 1.54) is 28.6 Å². The second-order valence-corrected chi connectivity index (χ2v) is 8.10. The van der Waals surface area contributed by atoms with Crippen LogP contribution in [0.25, 0.3) is 0 Å². The van der Waals surface area contributed by atoms with Crippen molar-refractivity contribution in [3.8, 4) is 0 Å². The van der Waals surface area contributed by atoms with Gasteiger partial charge in [0.1, 0.15) is 0 Å². The van der Waals surface area contributed by atoms with Gasteiger partial charge in [0.15, 0.2) is 0 Å². The number of rotatable bonds is 5. The Morgan fingerprint density at radius 3 is 2.33 bits per heavy atom. The number of sulfonamides is 1. The van der Waals surface area contributed by atoms with E-state index in [0.29, 0.717) is 18.7 Å². The Morgan fingerprint density at radius 2 is 1.83 bits per heavy atom. The van der Waals surface area contributed by atoms with Crippen LogP contribution in [0.4, 0.5) is 0 Å². The molecule has 0 spiro atoms. The van der Waals surface area contributed by atoms with E-state index in [1.54, 1.807) is 6.92 Å². The first-order chi connectivity index (χ1) is 11.2. The number of ether oxygens (including phenoxy) is 1. The highest BCUT2D eigenvalue weighted by molar-refractivity contribution is 7.89. The molecule has 3 atom stereocenters. The van der Waals surface area contributed by atoms with Crippen molar-refractivity contribution in [1.29, 1.82) is 0 Å². The zero-order valence-corrected chi connectivity index (χ0v) is 14.9. The Hall–Kier alpha value is -1.48. The third-order valence-corrected chi connectivity index (χ3v) is 5.64. The molecule has 0 aliphatic carbocycles. The number of carbonyl (C=O) groups is 1. The van der Waals surface area contributed by atoms with E-state index in [0.717, 1.165) is 0 Å². The van der Waals surface area contributed by atoms with Gasteiger partial charge in [-0.25, -0.2) is 8.42 Å². The zero-order valence-electron chi connectivity index (χ0n) is 14.1. The summed E-state index contributed by atoms with van der Waals surface area (Å²) in [4.78, 5) is 12.1. The van der Waals surface area contributed by atoms with Crippen LogP contribution in [-0.4, -0.2) is 61.7 Å². The van der Waals surface area contributed by atoms with Gasteiger partial charge in [0, 0.05) is 24.7 Å². The van der Waals surface area contributed by atoms with Gasteiger partial charge in [-0.1, -0.05) is 0 Å². The predicted molar refractivity (Wildman–Crippen MR) is 89.2 cm³/mol. The molecule has 8 heteroatoms. The van der Waals surface area contributed by atoms with Crippen molar-refractivity contribution in [3.63, 3.8) is 0 Å². The van der Waals surface area contributed by atoms with E-state index in [1.807, 2.05) is 13.8 Å². The Bertz CT molecular complexity index is 664. The molecule has 24 heavy (non-hydrogen) atoms. The van der Waals surface area contributed by atoms with Crippen LogP contribution in [0.3, 0.4) is 0 Å². The molecule has 0 aromatic heterocycles. The van der Waals surface area contributed by atoms with Crippen LogP contribution in [0.15, 0.2) is 29.2 Å². The number of morpholine rings is 1. The predicted octanol–water partition coefficient (Wildman–Crippen LogP) is 0.595. The van der Waals surface area contributed by atoms with Gasteiger partial charge >= 0.3 is 0 Å². The Balaban J connectivity index is 2.16. The van der Waals surface area contributed by atoms with Crippen molar-refractivity contribution in [3.05, 3.63) is 29.8 Å². The normalized spacial score (nSPS) is 23.7. The number of nitrogens with one attached hydrogen (secondary N) is 1. The Morgan fingerprint density at radius 1 is 1.29 bits per heavy atom. The maximum atomic E-state index is 12.7. The molecule has 0 unspecified atom stereocenters. The fourth-order valence-electron chi connectivity index (χ4n) is 2.61. The van der Waals surface area contributed by atoms with E-state index in [-0.39, 0.29) is 35.7 Å². The summed E-state index contributed by atoms with van der Waals surface area (Å²) in [5.41, 5.74) is 0.345. The van der Waals surface area contributed by atoms with Crippen LogP contribution in [0.2, 0.25) is 0 Å². The highest BCUT2D eigenvalue weighted by atomic mass is 32.2. The zero-order chi connectivity index (χ0) is 17.9. The summed E-state index contributed by atoms with van der Waals surface area (Å²) in [6.45, 7) is 5.82. The lowest BCUT2D eigenvalue weighted by Crippen LogP contribution is -2.48. The molecule has 2 rings (SSSR count). The number of aliphatic hydroxyl groups is 1. The summed E-state index contributed by atoms with van der Waals surface area (Å²) < 4.78 is 32.4. The molecule has 134 valence electrons. The summed E-state index contributed by atoms with van der Waals surface area (Å²) in [7, 11) is -3.62. The van der Waals surface area contributed by atoms with Gasteiger partial charge in [-0.2, -0.15) is 4.31 Å². The van der Waals surface area contributed by atoms with Gasteiger partial charge in [-0.05, 0) is 45.0 Å². The smallest absolute Gasteiger partial charge is 0.251 e. The van der Waals surface area contributed by atoms with Crippen molar-refractivity contribution in [2.75, 3.05) is 19.7 Å². The van der Waals surface area contributed by atoms with Crippen molar-refractivity contribution in [2.45, 2.75) is 43.9 Å². The van der Waals surface area contributed by atoms with Gasteiger partial charge < -0.3 is 15.2 Å². The molecule has 1 aliphatic rings.